The van der Waals surface area contributed by atoms with Crippen LogP contribution < -0.4 is 0 Å². The smallest absolute Gasteiger partial charge is 0.410 e. The van der Waals surface area contributed by atoms with Crippen LogP contribution in [0.15, 0.2) is 0 Å². The van der Waals surface area contributed by atoms with Gasteiger partial charge >= 0.3 is 6.09 Å². The van der Waals surface area contributed by atoms with Crippen molar-refractivity contribution in [2.45, 2.75) is 39.2 Å². The third-order valence-electron chi connectivity index (χ3n) is 2.07. The maximum absolute atomic E-state index is 11.1. The lowest BCUT2D eigenvalue weighted by Crippen LogP contribution is -2.25. The number of carbonyl (C=O) groups excluding carboxylic acids is 1. The second-order valence-corrected chi connectivity index (χ2v) is 3.35. The molecule has 1 aliphatic rings. The molecule has 3 nitrogen and oxygen atoms in total. The van der Waals surface area contributed by atoms with E-state index >= 15 is 0 Å². The van der Waals surface area contributed by atoms with E-state index < -0.39 is 0 Å². The van der Waals surface area contributed by atoms with Crippen molar-refractivity contribution in [3.05, 3.63) is 0 Å². The van der Waals surface area contributed by atoms with Crippen LogP contribution in [0.3, 0.4) is 0 Å². The lowest BCUT2D eigenvalue weighted by Gasteiger charge is -2.11. The maximum atomic E-state index is 11.1. The molecule has 0 saturated carbocycles. The molecule has 0 aromatic heterocycles. The molecule has 0 aromatic carbocycles. The predicted molar refractivity (Wildman–Crippen MR) is 47.0 cm³/mol. The van der Waals surface area contributed by atoms with E-state index in [1.54, 1.807) is 4.90 Å². The Morgan fingerprint density at radius 2 is 2.33 bits per heavy atom. The molecule has 1 atom stereocenters. The Hall–Kier alpha value is -0.730. The molecule has 1 amide bonds. The summed E-state index contributed by atoms with van der Waals surface area (Å²) in [5.41, 5.74) is 0. The van der Waals surface area contributed by atoms with Crippen LogP contribution in [0.4, 0.5) is 4.79 Å². The zero-order valence-electron chi connectivity index (χ0n) is 7.88. The molecule has 0 spiro atoms. The van der Waals surface area contributed by atoms with Crippen molar-refractivity contribution in [1.82, 2.24) is 4.90 Å². The number of unbranched alkanes of at least 4 members (excludes halogenated alkanes) is 2. The zero-order chi connectivity index (χ0) is 8.97. The first-order valence-electron chi connectivity index (χ1n) is 4.69. The van der Waals surface area contributed by atoms with Crippen LogP contribution >= 0.6 is 0 Å². The SMILES string of the molecule is CCCCCN1CC(C)OC1=O. The van der Waals surface area contributed by atoms with Gasteiger partial charge in [0.2, 0.25) is 0 Å². The quantitative estimate of drug-likeness (QED) is 0.605. The standard InChI is InChI=1S/C9H17NO2/c1-3-4-5-6-10-7-8(2)12-9(10)11/h8H,3-7H2,1-2H3. The van der Waals surface area contributed by atoms with E-state index in [4.69, 9.17) is 4.74 Å². The van der Waals surface area contributed by atoms with E-state index in [9.17, 15) is 4.79 Å². The second-order valence-electron chi connectivity index (χ2n) is 3.35. The fourth-order valence-electron chi connectivity index (χ4n) is 1.40. The monoisotopic (exact) mass is 171 g/mol. The number of ether oxygens (including phenoxy) is 1. The van der Waals surface area contributed by atoms with E-state index in [0.29, 0.717) is 0 Å². The van der Waals surface area contributed by atoms with Gasteiger partial charge in [0.15, 0.2) is 0 Å². The van der Waals surface area contributed by atoms with Gasteiger partial charge in [0.25, 0.3) is 0 Å². The average molecular weight is 171 g/mol. The molecule has 1 saturated heterocycles. The van der Waals surface area contributed by atoms with E-state index in [1.165, 1.54) is 12.8 Å². The summed E-state index contributed by atoms with van der Waals surface area (Å²) in [6, 6.07) is 0. The first-order chi connectivity index (χ1) is 5.74. The Labute approximate surface area is 73.7 Å². The van der Waals surface area contributed by atoms with Crippen molar-refractivity contribution in [1.29, 1.82) is 0 Å². The predicted octanol–water partition coefficient (Wildman–Crippen LogP) is 2.02. The zero-order valence-corrected chi connectivity index (χ0v) is 7.88. The fourth-order valence-corrected chi connectivity index (χ4v) is 1.40. The van der Waals surface area contributed by atoms with Gasteiger partial charge in [0.1, 0.15) is 6.10 Å². The van der Waals surface area contributed by atoms with Gasteiger partial charge in [-0.1, -0.05) is 19.8 Å². The molecule has 0 bridgehead atoms. The molecule has 70 valence electrons. The number of hydrogen-bond donors (Lipinski definition) is 0. The van der Waals surface area contributed by atoms with Crippen LogP contribution in [0.25, 0.3) is 0 Å². The van der Waals surface area contributed by atoms with Crippen LogP contribution in [0, 0.1) is 0 Å². The summed E-state index contributed by atoms with van der Waals surface area (Å²) in [7, 11) is 0. The van der Waals surface area contributed by atoms with Crippen molar-refractivity contribution < 1.29 is 9.53 Å². The van der Waals surface area contributed by atoms with Crippen LogP contribution in [0.2, 0.25) is 0 Å². The van der Waals surface area contributed by atoms with Gasteiger partial charge in [-0.3, -0.25) is 0 Å². The molecular weight excluding hydrogens is 154 g/mol. The molecule has 12 heavy (non-hydrogen) atoms. The highest BCUT2D eigenvalue weighted by atomic mass is 16.6. The van der Waals surface area contributed by atoms with E-state index in [-0.39, 0.29) is 12.2 Å². The van der Waals surface area contributed by atoms with E-state index in [1.807, 2.05) is 6.92 Å². The molecule has 1 unspecified atom stereocenters. The number of nitrogens with zero attached hydrogens (tertiary/aromatic N) is 1. The minimum absolute atomic E-state index is 0.0825. The molecular formula is C9H17NO2. The Morgan fingerprint density at radius 3 is 2.83 bits per heavy atom. The summed E-state index contributed by atoms with van der Waals surface area (Å²) >= 11 is 0. The third kappa shape index (κ3) is 2.40. The maximum Gasteiger partial charge on any atom is 0.410 e. The number of cyclic esters (lactones) is 1. The Balaban J connectivity index is 2.19. The van der Waals surface area contributed by atoms with Crippen molar-refractivity contribution >= 4 is 6.09 Å². The number of rotatable bonds is 4. The Bertz CT molecular complexity index is 159. The summed E-state index contributed by atoms with van der Waals surface area (Å²) in [4.78, 5) is 12.9. The van der Waals surface area contributed by atoms with Gasteiger partial charge in [0.05, 0.1) is 6.54 Å². The first-order valence-corrected chi connectivity index (χ1v) is 4.69. The summed E-state index contributed by atoms with van der Waals surface area (Å²) in [5.74, 6) is 0. The molecule has 0 N–H and O–H groups in total. The van der Waals surface area contributed by atoms with Gasteiger partial charge in [-0.25, -0.2) is 4.79 Å². The highest BCUT2D eigenvalue weighted by molar-refractivity contribution is 5.69. The minimum atomic E-state index is -0.140. The van der Waals surface area contributed by atoms with Crippen molar-refractivity contribution in [3.63, 3.8) is 0 Å². The van der Waals surface area contributed by atoms with Crippen LogP contribution in [-0.4, -0.2) is 30.2 Å². The van der Waals surface area contributed by atoms with Gasteiger partial charge in [-0.15, -0.1) is 0 Å². The van der Waals surface area contributed by atoms with E-state index in [0.717, 1.165) is 19.5 Å². The third-order valence-corrected chi connectivity index (χ3v) is 2.07. The molecule has 1 aliphatic heterocycles. The summed E-state index contributed by atoms with van der Waals surface area (Å²) in [6.07, 6.45) is 3.42. The van der Waals surface area contributed by atoms with Crippen molar-refractivity contribution in [2.24, 2.45) is 0 Å². The normalized spacial score (nSPS) is 23.0. The molecule has 1 fully saturated rings. The van der Waals surface area contributed by atoms with Crippen LogP contribution in [0.1, 0.15) is 33.1 Å². The Morgan fingerprint density at radius 1 is 1.58 bits per heavy atom. The summed E-state index contributed by atoms with van der Waals surface area (Å²) in [6.45, 7) is 5.71. The topological polar surface area (TPSA) is 29.5 Å². The van der Waals surface area contributed by atoms with Gasteiger partial charge in [-0.05, 0) is 13.3 Å². The number of carbonyl (C=O) groups is 1. The largest absolute Gasteiger partial charge is 0.445 e. The molecule has 3 heteroatoms. The average Bonchev–Trinajstić information content (AvgIpc) is 2.31. The lowest BCUT2D eigenvalue weighted by atomic mass is 10.2. The highest BCUT2D eigenvalue weighted by Gasteiger charge is 2.26. The first kappa shape index (κ1) is 9.36. The van der Waals surface area contributed by atoms with Gasteiger partial charge in [-0.2, -0.15) is 0 Å². The molecule has 1 heterocycles. The van der Waals surface area contributed by atoms with Crippen LogP contribution in [-0.2, 0) is 4.74 Å². The highest BCUT2D eigenvalue weighted by Crippen LogP contribution is 2.11. The second kappa shape index (κ2) is 4.33. The molecule has 0 radical (unpaired) electrons. The van der Waals surface area contributed by atoms with Crippen molar-refractivity contribution in [2.75, 3.05) is 13.1 Å². The van der Waals surface area contributed by atoms with Gasteiger partial charge < -0.3 is 9.64 Å². The van der Waals surface area contributed by atoms with E-state index in [2.05, 4.69) is 6.92 Å². The Kier molecular flexibility index (Phi) is 3.38. The fraction of sp³-hybridized carbons (Fsp3) is 0.889. The minimum Gasteiger partial charge on any atom is -0.445 e. The molecule has 0 aromatic rings. The van der Waals surface area contributed by atoms with Gasteiger partial charge in [0, 0.05) is 6.54 Å². The lowest BCUT2D eigenvalue weighted by molar-refractivity contribution is 0.138. The summed E-state index contributed by atoms with van der Waals surface area (Å²) < 4.78 is 4.99. The molecule has 1 rings (SSSR count). The van der Waals surface area contributed by atoms with Crippen LogP contribution in [0.5, 0.6) is 0 Å². The summed E-state index contributed by atoms with van der Waals surface area (Å²) in [5, 5.41) is 0. The molecule has 0 aliphatic carbocycles. The number of amides is 1. The number of hydrogen-bond acceptors (Lipinski definition) is 2. The van der Waals surface area contributed by atoms with Crippen molar-refractivity contribution in [3.8, 4) is 0 Å².